The van der Waals surface area contributed by atoms with Gasteiger partial charge in [-0.1, -0.05) is 30.3 Å². The Balaban J connectivity index is 1.92. The molecule has 0 aliphatic carbocycles. The van der Waals surface area contributed by atoms with Crippen molar-refractivity contribution >= 4 is 5.96 Å². The molecule has 5 nitrogen and oxygen atoms in total. The van der Waals surface area contributed by atoms with Crippen LogP contribution in [0.25, 0.3) is 0 Å². The zero-order valence-electron chi connectivity index (χ0n) is 14.6. The Morgan fingerprint density at radius 2 is 1.96 bits per heavy atom. The van der Waals surface area contributed by atoms with Gasteiger partial charge >= 0.3 is 0 Å². The maximum Gasteiger partial charge on any atom is 0.191 e. The van der Waals surface area contributed by atoms with Crippen molar-refractivity contribution in [3.8, 4) is 0 Å². The van der Waals surface area contributed by atoms with Crippen LogP contribution in [0.5, 0.6) is 0 Å². The van der Waals surface area contributed by atoms with Gasteiger partial charge in [-0.15, -0.1) is 0 Å². The van der Waals surface area contributed by atoms with Crippen molar-refractivity contribution in [3.05, 3.63) is 59.5 Å². The zero-order chi connectivity index (χ0) is 17.4. The Kier molecular flexibility index (Phi) is 6.88. The topological polar surface area (TPSA) is 69.8 Å². The minimum absolute atomic E-state index is 0.00256. The van der Waals surface area contributed by atoms with Gasteiger partial charge in [-0.2, -0.15) is 0 Å². The molecule has 2 unspecified atom stereocenters. The van der Waals surface area contributed by atoms with Crippen LogP contribution in [0.3, 0.4) is 0 Å². The van der Waals surface area contributed by atoms with Crippen molar-refractivity contribution in [2.45, 2.75) is 39.3 Å². The lowest BCUT2D eigenvalue weighted by molar-refractivity contribution is 0.183. The molecule has 1 aromatic heterocycles. The number of nitrogens with one attached hydrogen (secondary N) is 2. The lowest BCUT2D eigenvalue weighted by Gasteiger charge is -2.17. The van der Waals surface area contributed by atoms with E-state index in [0.29, 0.717) is 18.9 Å². The number of aryl methyl sites for hydroxylation is 1. The number of aliphatic imine (C=N–C) groups is 1. The average Bonchev–Trinajstić information content (AvgIpc) is 3.00. The molecule has 0 saturated carbocycles. The van der Waals surface area contributed by atoms with Crippen LogP contribution in [0.4, 0.5) is 0 Å². The van der Waals surface area contributed by atoms with Gasteiger partial charge in [0.2, 0.25) is 0 Å². The molecule has 24 heavy (non-hydrogen) atoms. The fourth-order valence-corrected chi connectivity index (χ4v) is 2.43. The molecule has 0 radical (unpaired) electrons. The van der Waals surface area contributed by atoms with Gasteiger partial charge in [0.05, 0.1) is 18.7 Å². The summed E-state index contributed by atoms with van der Waals surface area (Å²) in [5, 5.41) is 16.7. The SMILES string of the molecule is CCNC(=NCC(O)Cc1ccccc1)NC(C)c1ccc(C)o1. The van der Waals surface area contributed by atoms with Crippen molar-refractivity contribution in [1.82, 2.24) is 10.6 Å². The molecule has 0 aliphatic rings. The number of hydrogen-bond donors (Lipinski definition) is 3. The standard InChI is InChI=1S/C19H27N3O2/c1-4-20-19(22-15(3)18-11-10-14(2)24-18)21-13-17(23)12-16-8-6-5-7-9-16/h5-11,15,17,23H,4,12-13H2,1-3H3,(H2,20,21,22). The van der Waals surface area contributed by atoms with Gasteiger partial charge < -0.3 is 20.2 Å². The van der Waals surface area contributed by atoms with E-state index < -0.39 is 6.10 Å². The Morgan fingerprint density at radius 3 is 2.58 bits per heavy atom. The Hall–Kier alpha value is -2.27. The molecule has 0 fully saturated rings. The number of nitrogens with zero attached hydrogens (tertiary/aromatic N) is 1. The van der Waals surface area contributed by atoms with Crippen molar-refractivity contribution in [2.75, 3.05) is 13.1 Å². The fraction of sp³-hybridized carbons (Fsp3) is 0.421. The maximum atomic E-state index is 10.2. The number of guanidine groups is 1. The molecular weight excluding hydrogens is 302 g/mol. The Bertz CT molecular complexity index is 637. The predicted molar refractivity (Wildman–Crippen MR) is 97.1 cm³/mol. The second-order valence-electron chi connectivity index (χ2n) is 5.88. The van der Waals surface area contributed by atoms with Crippen molar-refractivity contribution in [3.63, 3.8) is 0 Å². The van der Waals surface area contributed by atoms with Gasteiger partial charge in [0.25, 0.3) is 0 Å². The summed E-state index contributed by atoms with van der Waals surface area (Å²) in [6, 6.07) is 13.9. The summed E-state index contributed by atoms with van der Waals surface area (Å²) in [7, 11) is 0. The highest BCUT2D eigenvalue weighted by molar-refractivity contribution is 5.80. The first-order valence-corrected chi connectivity index (χ1v) is 8.41. The summed E-state index contributed by atoms with van der Waals surface area (Å²) in [6.07, 6.45) is 0.0838. The van der Waals surface area contributed by atoms with Crippen LogP contribution < -0.4 is 10.6 Å². The number of hydrogen-bond acceptors (Lipinski definition) is 3. The molecule has 0 saturated heterocycles. The van der Waals surface area contributed by atoms with Crippen LogP contribution in [0.1, 0.15) is 37.0 Å². The summed E-state index contributed by atoms with van der Waals surface area (Å²) in [4.78, 5) is 4.48. The van der Waals surface area contributed by atoms with Crippen LogP contribution in [-0.2, 0) is 6.42 Å². The number of benzene rings is 1. The van der Waals surface area contributed by atoms with E-state index in [1.807, 2.05) is 63.2 Å². The minimum atomic E-state index is -0.510. The summed E-state index contributed by atoms with van der Waals surface area (Å²) in [6.45, 7) is 7.05. The molecule has 0 amide bonds. The van der Waals surface area contributed by atoms with Crippen LogP contribution >= 0.6 is 0 Å². The first-order valence-electron chi connectivity index (χ1n) is 8.41. The van der Waals surface area contributed by atoms with E-state index >= 15 is 0 Å². The first kappa shape index (κ1) is 18.1. The number of aliphatic hydroxyl groups is 1. The summed E-state index contributed by atoms with van der Waals surface area (Å²) in [5.41, 5.74) is 1.11. The van der Waals surface area contributed by atoms with E-state index in [0.717, 1.165) is 23.6 Å². The highest BCUT2D eigenvalue weighted by Crippen LogP contribution is 2.15. The number of furan rings is 1. The van der Waals surface area contributed by atoms with Crippen LogP contribution in [-0.4, -0.2) is 30.3 Å². The molecule has 5 heteroatoms. The molecule has 0 bridgehead atoms. The third-order valence-corrected chi connectivity index (χ3v) is 3.66. The van der Waals surface area contributed by atoms with Crippen LogP contribution in [0.15, 0.2) is 51.9 Å². The van der Waals surface area contributed by atoms with Crippen LogP contribution in [0, 0.1) is 6.92 Å². The van der Waals surface area contributed by atoms with E-state index in [4.69, 9.17) is 4.42 Å². The molecule has 1 aromatic carbocycles. The van der Waals surface area contributed by atoms with Crippen molar-refractivity contribution < 1.29 is 9.52 Å². The Morgan fingerprint density at radius 1 is 1.21 bits per heavy atom. The van der Waals surface area contributed by atoms with E-state index in [1.54, 1.807) is 0 Å². The highest BCUT2D eigenvalue weighted by atomic mass is 16.3. The molecule has 0 aliphatic heterocycles. The molecule has 130 valence electrons. The predicted octanol–water partition coefficient (Wildman–Crippen LogP) is 2.81. The Labute approximate surface area is 143 Å². The van der Waals surface area contributed by atoms with Gasteiger partial charge in [0, 0.05) is 13.0 Å². The normalized spacial score (nSPS) is 14.2. The lowest BCUT2D eigenvalue weighted by atomic mass is 10.1. The lowest BCUT2D eigenvalue weighted by Crippen LogP contribution is -2.39. The third-order valence-electron chi connectivity index (χ3n) is 3.66. The van der Waals surface area contributed by atoms with Crippen molar-refractivity contribution in [1.29, 1.82) is 0 Å². The largest absolute Gasteiger partial charge is 0.464 e. The molecule has 2 rings (SSSR count). The van der Waals surface area contributed by atoms with E-state index in [2.05, 4.69) is 15.6 Å². The minimum Gasteiger partial charge on any atom is -0.464 e. The van der Waals surface area contributed by atoms with E-state index in [1.165, 1.54) is 0 Å². The van der Waals surface area contributed by atoms with Gasteiger partial charge in [-0.25, -0.2) is 0 Å². The molecular formula is C19H27N3O2. The third kappa shape index (κ3) is 5.74. The summed E-state index contributed by atoms with van der Waals surface area (Å²) >= 11 is 0. The first-order chi connectivity index (χ1) is 11.6. The molecule has 0 spiro atoms. The van der Waals surface area contributed by atoms with Crippen molar-refractivity contribution in [2.24, 2.45) is 4.99 Å². The number of rotatable bonds is 7. The highest BCUT2D eigenvalue weighted by Gasteiger charge is 2.12. The fourth-order valence-electron chi connectivity index (χ4n) is 2.43. The van der Waals surface area contributed by atoms with E-state index in [9.17, 15) is 5.11 Å². The zero-order valence-corrected chi connectivity index (χ0v) is 14.6. The van der Waals surface area contributed by atoms with Gasteiger partial charge in [0.15, 0.2) is 5.96 Å². The molecule has 3 N–H and O–H groups in total. The summed E-state index contributed by atoms with van der Waals surface area (Å²) in [5.74, 6) is 2.42. The second-order valence-corrected chi connectivity index (χ2v) is 5.88. The maximum absolute atomic E-state index is 10.2. The molecule has 1 heterocycles. The quantitative estimate of drug-likeness (QED) is 0.540. The second kappa shape index (κ2) is 9.13. The molecule has 2 aromatic rings. The van der Waals surface area contributed by atoms with Gasteiger partial charge in [-0.05, 0) is 38.5 Å². The van der Waals surface area contributed by atoms with E-state index in [-0.39, 0.29) is 6.04 Å². The number of aliphatic hydroxyl groups excluding tert-OH is 1. The van der Waals surface area contributed by atoms with Gasteiger partial charge in [0.1, 0.15) is 11.5 Å². The smallest absolute Gasteiger partial charge is 0.191 e. The van der Waals surface area contributed by atoms with Crippen LogP contribution in [0.2, 0.25) is 0 Å². The molecule has 2 atom stereocenters. The average molecular weight is 329 g/mol. The summed E-state index contributed by atoms with van der Waals surface area (Å²) < 4.78 is 5.63. The van der Waals surface area contributed by atoms with Gasteiger partial charge in [-0.3, -0.25) is 4.99 Å². The monoisotopic (exact) mass is 329 g/mol.